The first-order valence-corrected chi connectivity index (χ1v) is 12.4. The highest BCUT2D eigenvalue weighted by atomic mass is 32.2. The molecule has 0 saturated carbocycles. The van der Waals surface area contributed by atoms with Gasteiger partial charge in [0.15, 0.2) is 33.7 Å². The lowest BCUT2D eigenvalue weighted by molar-refractivity contribution is 0.544. The second kappa shape index (κ2) is 10.1. The summed E-state index contributed by atoms with van der Waals surface area (Å²) in [7, 11) is 0. The fraction of sp³-hybridized carbons (Fsp3) is 0.231. The number of nitrogens with two attached hydrogens (primary N) is 1. The maximum Gasteiger partial charge on any atom is 0.191 e. The predicted molar refractivity (Wildman–Crippen MR) is 136 cm³/mol. The number of aryl methyl sites for hydroxylation is 1. The molecule has 1 atom stereocenters. The normalized spacial score (nSPS) is 12.3. The molecular weight excluding hydrogens is 444 g/mol. The number of furan rings is 1. The highest BCUT2D eigenvalue weighted by Gasteiger charge is 2.25. The lowest BCUT2D eigenvalue weighted by atomic mass is 10.1. The fourth-order valence-electron chi connectivity index (χ4n) is 4.15. The van der Waals surface area contributed by atoms with E-state index >= 15 is 0 Å². The third kappa shape index (κ3) is 4.54. The number of nitrogen functional groups attached to an aromatic ring is 1. The lowest BCUT2D eigenvalue weighted by Crippen LogP contribution is -2.12. The second-order valence-electron chi connectivity index (χ2n) is 7.99. The van der Waals surface area contributed by atoms with Crippen LogP contribution in [0.2, 0.25) is 0 Å². The Morgan fingerprint density at radius 1 is 1.00 bits per heavy atom. The Balaban J connectivity index is 1.50. The fourth-order valence-corrected chi connectivity index (χ4v) is 4.94. The standard InChI is InChI=1S/C26H26N6OS/c1-2-20(19-12-14-28-15-13-19)32-24(21-11-6-16-33-21)29-22-23(27)30-26(31-25(22)32)34-17-7-10-18-8-4-3-5-9-18/h3-6,8-9,11-16,20H,2,7,10,17H2,1H3,(H2,27,30,31). The summed E-state index contributed by atoms with van der Waals surface area (Å²) in [5.74, 6) is 2.64. The Morgan fingerprint density at radius 2 is 1.82 bits per heavy atom. The third-order valence-electron chi connectivity index (χ3n) is 5.76. The van der Waals surface area contributed by atoms with E-state index in [0.29, 0.717) is 33.7 Å². The highest BCUT2D eigenvalue weighted by Crippen LogP contribution is 2.35. The van der Waals surface area contributed by atoms with E-state index in [0.717, 1.165) is 30.6 Å². The molecule has 0 aliphatic carbocycles. The van der Waals surface area contributed by atoms with Gasteiger partial charge in [-0.3, -0.25) is 9.55 Å². The molecule has 2 N–H and O–H groups in total. The lowest BCUT2D eigenvalue weighted by Gasteiger charge is -2.20. The van der Waals surface area contributed by atoms with Crippen LogP contribution in [-0.4, -0.2) is 30.3 Å². The SMILES string of the molecule is CCC(c1ccncc1)n1c(-c2ccco2)nc2c(N)nc(SCCCc3ccccc3)nc21. The van der Waals surface area contributed by atoms with Crippen LogP contribution in [-0.2, 0) is 6.42 Å². The first-order valence-electron chi connectivity index (χ1n) is 11.4. The highest BCUT2D eigenvalue weighted by molar-refractivity contribution is 7.99. The van der Waals surface area contributed by atoms with Gasteiger partial charge < -0.3 is 10.2 Å². The molecule has 0 fully saturated rings. The number of anilines is 1. The van der Waals surface area contributed by atoms with Crippen LogP contribution in [0.4, 0.5) is 5.82 Å². The van der Waals surface area contributed by atoms with Crippen LogP contribution in [0.3, 0.4) is 0 Å². The smallest absolute Gasteiger partial charge is 0.191 e. The topological polar surface area (TPSA) is 95.7 Å². The third-order valence-corrected chi connectivity index (χ3v) is 6.69. The van der Waals surface area contributed by atoms with Crippen molar-refractivity contribution in [1.82, 2.24) is 24.5 Å². The summed E-state index contributed by atoms with van der Waals surface area (Å²) in [6, 6.07) is 18.3. The molecule has 0 amide bonds. The summed E-state index contributed by atoms with van der Waals surface area (Å²) in [6.45, 7) is 2.15. The molecule has 5 rings (SSSR count). The molecule has 7 nitrogen and oxygen atoms in total. The summed E-state index contributed by atoms with van der Waals surface area (Å²) in [4.78, 5) is 18.5. The van der Waals surface area contributed by atoms with Gasteiger partial charge in [-0.25, -0.2) is 15.0 Å². The van der Waals surface area contributed by atoms with Crippen LogP contribution in [0.1, 0.15) is 36.9 Å². The number of nitrogens with zero attached hydrogens (tertiary/aromatic N) is 5. The molecule has 0 saturated heterocycles. The predicted octanol–water partition coefficient (Wildman–Crippen LogP) is 5.79. The Bertz CT molecular complexity index is 1350. The van der Waals surface area contributed by atoms with E-state index in [1.54, 1.807) is 30.4 Å². The number of aromatic nitrogens is 5. The van der Waals surface area contributed by atoms with Crippen molar-refractivity contribution in [3.8, 4) is 11.6 Å². The van der Waals surface area contributed by atoms with E-state index in [9.17, 15) is 0 Å². The van der Waals surface area contributed by atoms with Crippen molar-refractivity contribution < 1.29 is 4.42 Å². The molecule has 1 unspecified atom stereocenters. The molecule has 8 heteroatoms. The Morgan fingerprint density at radius 3 is 2.56 bits per heavy atom. The first kappa shape index (κ1) is 22.2. The monoisotopic (exact) mass is 470 g/mol. The van der Waals surface area contributed by atoms with E-state index in [1.807, 2.05) is 30.3 Å². The van der Waals surface area contributed by atoms with Gasteiger partial charge in [0.1, 0.15) is 0 Å². The van der Waals surface area contributed by atoms with Gasteiger partial charge in [-0.05, 0) is 54.7 Å². The number of thioether (sulfide) groups is 1. The zero-order chi connectivity index (χ0) is 23.3. The maximum atomic E-state index is 6.39. The molecule has 5 aromatic rings. The van der Waals surface area contributed by atoms with E-state index in [-0.39, 0.29) is 6.04 Å². The number of imidazole rings is 1. The van der Waals surface area contributed by atoms with Gasteiger partial charge in [0.2, 0.25) is 0 Å². The largest absolute Gasteiger partial charge is 0.461 e. The van der Waals surface area contributed by atoms with Crippen molar-refractivity contribution in [1.29, 1.82) is 0 Å². The minimum absolute atomic E-state index is 0.00155. The molecular formula is C26H26N6OS. The zero-order valence-electron chi connectivity index (χ0n) is 19.0. The number of rotatable bonds is 9. The van der Waals surface area contributed by atoms with Gasteiger partial charge in [0, 0.05) is 18.1 Å². The second-order valence-corrected chi connectivity index (χ2v) is 9.05. The van der Waals surface area contributed by atoms with Gasteiger partial charge >= 0.3 is 0 Å². The van der Waals surface area contributed by atoms with E-state index in [4.69, 9.17) is 20.1 Å². The maximum absolute atomic E-state index is 6.39. The van der Waals surface area contributed by atoms with Crippen molar-refractivity contribution in [2.75, 3.05) is 11.5 Å². The molecule has 0 bridgehead atoms. The molecule has 0 radical (unpaired) electrons. The van der Waals surface area contributed by atoms with Gasteiger partial charge in [-0.15, -0.1) is 0 Å². The molecule has 0 spiro atoms. The quantitative estimate of drug-likeness (QED) is 0.165. The molecule has 0 aliphatic rings. The van der Waals surface area contributed by atoms with Gasteiger partial charge in [0.05, 0.1) is 12.3 Å². The van der Waals surface area contributed by atoms with Crippen molar-refractivity contribution in [3.63, 3.8) is 0 Å². The van der Waals surface area contributed by atoms with Crippen LogP contribution in [0, 0.1) is 0 Å². The number of fused-ring (bicyclic) bond motifs is 1. The number of hydrogen-bond acceptors (Lipinski definition) is 7. The van der Waals surface area contributed by atoms with Crippen LogP contribution in [0.15, 0.2) is 82.8 Å². The van der Waals surface area contributed by atoms with Gasteiger partial charge in [0.25, 0.3) is 0 Å². The first-order chi connectivity index (χ1) is 16.7. The molecule has 4 aromatic heterocycles. The van der Waals surface area contributed by atoms with Crippen LogP contribution in [0.5, 0.6) is 0 Å². The number of pyridine rings is 1. The molecule has 1 aromatic carbocycles. The summed E-state index contributed by atoms with van der Waals surface area (Å²) in [6.07, 6.45) is 8.15. The average Bonchev–Trinajstić information content (AvgIpc) is 3.53. The van der Waals surface area contributed by atoms with Gasteiger partial charge in [-0.2, -0.15) is 0 Å². The minimum atomic E-state index is -0.00155. The Labute approximate surface area is 202 Å². The average molecular weight is 471 g/mol. The van der Waals surface area contributed by atoms with E-state index < -0.39 is 0 Å². The van der Waals surface area contributed by atoms with Crippen molar-refractivity contribution in [3.05, 3.63) is 84.4 Å². The molecule has 34 heavy (non-hydrogen) atoms. The molecule has 172 valence electrons. The number of benzene rings is 1. The summed E-state index contributed by atoms with van der Waals surface area (Å²) < 4.78 is 7.84. The van der Waals surface area contributed by atoms with Crippen LogP contribution in [0.25, 0.3) is 22.7 Å². The number of hydrogen-bond donors (Lipinski definition) is 1. The van der Waals surface area contributed by atoms with Gasteiger partial charge in [-0.1, -0.05) is 49.0 Å². The summed E-state index contributed by atoms with van der Waals surface area (Å²) in [5.41, 5.74) is 10.2. The summed E-state index contributed by atoms with van der Waals surface area (Å²) in [5, 5.41) is 0.662. The Hall–Kier alpha value is -3.65. The zero-order valence-corrected chi connectivity index (χ0v) is 19.8. The summed E-state index contributed by atoms with van der Waals surface area (Å²) >= 11 is 1.62. The van der Waals surface area contributed by atoms with Crippen LogP contribution >= 0.6 is 11.8 Å². The van der Waals surface area contributed by atoms with Crippen molar-refractivity contribution in [2.24, 2.45) is 0 Å². The Kier molecular flexibility index (Phi) is 6.58. The van der Waals surface area contributed by atoms with E-state index in [2.05, 4.69) is 45.7 Å². The van der Waals surface area contributed by atoms with Crippen molar-refractivity contribution >= 4 is 28.7 Å². The molecule has 4 heterocycles. The minimum Gasteiger partial charge on any atom is -0.461 e. The van der Waals surface area contributed by atoms with E-state index in [1.165, 1.54) is 5.56 Å². The van der Waals surface area contributed by atoms with Crippen LogP contribution < -0.4 is 5.73 Å². The van der Waals surface area contributed by atoms with Crippen molar-refractivity contribution in [2.45, 2.75) is 37.4 Å². The molecule has 0 aliphatic heterocycles.